The molecule has 0 aliphatic carbocycles. The Hall–Kier alpha value is -2.16. The number of esters is 1. The van der Waals surface area contributed by atoms with Gasteiger partial charge >= 0.3 is 5.97 Å². The third kappa shape index (κ3) is 3.65. The van der Waals surface area contributed by atoms with Crippen LogP contribution in [-0.2, 0) is 4.74 Å². The predicted octanol–water partition coefficient (Wildman–Crippen LogP) is 3.70. The Balaban J connectivity index is 2.28. The van der Waals surface area contributed by atoms with Crippen LogP contribution < -0.4 is 0 Å². The van der Waals surface area contributed by atoms with Gasteiger partial charge in [-0.1, -0.05) is 30.3 Å². The molecule has 19 heavy (non-hydrogen) atoms. The van der Waals surface area contributed by atoms with Gasteiger partial charge in [-0.05, 0) is 44.0 Å². The molecule has 0 radical (unpaired) electrons. The number of ether oxygens (including phenoxy) is 1. The van der Waals surface area contributed by atoms with Crippen molar-refractivity contribution in [1.29, 1.82) is 0 Å². The van der Waals surface area contributed by atoms with Crippen molar-refractivity contribution in [3.8, 4) is 11.1 Å². The van der Waals surface area contributed by atoms with Gasteiger partial charge in [-0.25, -0.2) is 9.78 Å². The van der Waals surface area contributed by atoms with E-state index in [2.05, 4.69) is 4.98 Å². The standard InChI is InChI=1S/C16H17NO2/c1-16(2,3)19-15(18)14-11-13(9-10-17-14)12-7-5-4-6-8-12/h4-11H,1-3H3. The molecule has 0 unspecified atom stereocenters. The molecule has 98 valence electrons. The summed E-state index contributed by atoms with van der Waals surface area (Å²) in [5.74, 6) is -0.398. The van der Waals surface area contributed by atoms with E-state index in [0.29, 0.717) is 5.69 Å². The molecule has 3 nitrogen and oxygen atoms in total. The summed E-state index contributed by atoms with van der Waals surface area (Å²) >= 11 is 0. The molecular formula is C16H17NO2. The van der Waals surface area contributed by atoms with E-state index in [9.17, 15) is 4.79 Å². The highest BCUT2D eigenvalue weighted by molar-refractivity contribution is 5.89. The number of nitrogens with zero attached hydrogens (tertiary/aromatic N) is 1. The van der Waals surface area contributed by atoms with Crippen molar-refractivity contribution in [1.82, 2.24) is 4.98 Å². The van der Waals surface area contributed by atoms with Crippen molar-refractivity contribution in [2.24, 2.45) is 0 Å². The molecule has 0 saturated carbocycles. The fourth-order valence-corrected chi connectivity index (χ4v) is 1.68. The monoisotopic (exact) mass is 255 g/mol. The Bertz CT molecular complexity index is 571. The smallest absolute Gasteiger partial charge is 0.357 e. The average Bonchev–Trinajstić information content (AvgIpc) is 2.38. The van der Waals surface area contributed by atoms with Crippen LogP contribution in [0.4, 0.5) is 0 Å². The number of hydrogen-bond donors (Lipinski definition) is 0. The van der Waals surface area contributed by atoms with Crippen LogP contribution in [0.2, 0.25) is 0 Å². The third-order valence-corrected chi connectivity index (χ3v) is 2.48. The number of carbonyl (C=O) groups is 1. The Morgan fingerprint density at radius 1 is 1.05 bits per heavy atom. The summed E-state index contributed by atoms with van der Waals surface area (Å²) in [5, 5.41) is 0. The highest BCUT2D eigenvalue weighted by atomic mass is 16.6. The summed E-state index contributed by atoms with van der Waals surface area (Å²) in [6, 6.07) is 13.5. The lowest BCUT2D eigenvalue weighted by atomic mass is 10.1. The highest BCUT2D eigenvalue weighted by Crippen LogP contribution is 2.20. The lowest BCUT2D eigenvalue weighted by Gasteiger charge is -2.19. The summed E-state index contributed by atoms with van der Waals surface area (Å²) in [4.78, 5) is 16.0. The maximum atomic E-state index is 12.0. The lowest BCUT2D eigenvalue weighted by molar-refractivity contribution is 0.00629. The highest BCUT2D eigenvalue weighted by Gasteiger charge is 2.19. The van der Waals surface area contributed by atoms with Crippen molar-refractivity contribution in [3.05, 3.63) is 54.4 Å². The molecule has 1 aromatic heterocycles. The second-order valence-electron chi connectivity index (χ2n) is 5.30. The third-order valence-electron chi connectivity index (χ3n) is 2.48. The van der Waals surface area contributed by atoms with Gasteiger partial charge in [0.2, 0.25) is 0 Å². The summed E-state index contributed by atoms with van der Waals surface area (Å²) in [6.07, 6.45) is 1.63. The van der Waals surface area contributed by atoms with Gasteiger partial charge in [-0.3, -0.25) is 0 Å². The van der Waals surface area contributed by atoms with Crippen LogP contribution >= 0.6 is 0 Å². The number of pyridine rings is 1. The normalized spacial score (nSPS) is 11.1. The maximum absolute atomic E-state index is 12.0. The van der Waals surface area contributed by atoms with Crippen LogP contribution in [0, 0.1) is 0 Å². The number of aromatic nitrogens is 1. The van der Waals surface area contributed by atoms with E-state index in [4.69, 9.17) is 4.74 Å². The Morgan fingerprint density at radius 2 is 1.74 bits per heavy atom. The first-order chi connectivity index (χ1) is 8.96. The van der Waals surface area contributed by atoms with Gasteiger partial charge in [0.1, 0.15) is 11.3 Å². The van der Waals surface area contributed by atoms with Gasteiger partial charge < -0.3 is 4.74 Å². The SMILES string of the molecule is CC(C)(C)OC(=O)c1cc(-c2ccccc2)ccn1. The van der Waals surface area contributed by atoms with Gasteiger partial charge in [0.05, 0.1) is 0 Å². The van der Waals surface area contributed by atoms with Crippen molar-refractivity contribution < 1.29 is 9.53 Å². The molecule has 1 aromatic carbocycles. The van der Waals surface area contributed by atoms with Gasteiger partial charge in [-0.2, -0.15) is 0 Å². The van der Waals surface area contributed by atoms with Crippen LogP contribution in [-0.4, -0.2) is 16.6 Å². The molecule has 0 aliphatic heterocycles. The second-order valence-corrected chi connectivity index (χ2v) is 5.30. The zero-order valence-corrected chi connectivity index (χ0v) is 11.4. The first-order valence-electron chi connectivity index (χ1n) is 6.20. The molecule has 0 aliphatic rings. The van der Waals surface area contributed by atoms with Gasteiger partial charge in [0, 0.05) is 6.20 Å². The predicted molar refractivity (Wildman–Crippen MR) is 74.8 cm³/mol. The van der Waals surface area contributed by atoms with Gasteiger partial charge in [0.25, 0.3) is 0 Å². The summed E-state index contributed by atoms with van der Waals surface area (Å²) < 4.78 is 5.31. The average molecular weight is 255 g/mol. The van der Waals surface area contributed by atoms with Crippen LogP contribution in [0.3, 0.4) is 0 Å². The number of hydrogen-bond acceptors (Lipinski definition) is 3. The minimum Gasteiger partial charge on any atom is -0.455 e. The van der Waals surface area contributed by atoms with Gasteiger partial charge in [0.15, 0.2) is 0 Å². The summed E-state index contributed by atoms with van der Waals surface area (Å²) in [5.41, 5.74) is 1.82. The van der Waals surface area contributed by atoms with E-state index in [1.54, 1.807) is 12.3 Å². The topological polar surface area (TPSA) is 39.2 Å². The molecule has 3 heteroatoms. The van der Waals surface area contributed by atoms with Crippen molar-refractivity contribution in [3.63, 3.8) is 0 Å². The van der Waals surface area contributed by atoms with E-state index >= 15 is 0 Å². The first kappa shape index (κ1) is 13.3. The molecule has 0 N–H and O–H groups in total. The fraction of sp³-hybridized carbons (Fsp3) is 0.250. The molecular weight excluding hydrogens is 238 g/mol. The molecule has 2 rings (SSSR count). The van der Waals surface area contributed by atoms with E-state index in [-0.39, 0.29) is 0 Å². The second kappa shape index (κ2) is 5.22. The zero-order chi connectivity index (χ0) is 13.9. The minimum absolute atomic E-state index is 0.330. The van der Waals surface area contributed by atoms with Crippen LogP contribution in [0.15, 0.2) is 48.7 Å². The van der Waals surface area contributed by atoms with Gasteiger partial charge in [-0.15, -0.1) is 0 Å². The van der Waals surface area contributed by atoms with Crippen LogP contribution in [0.25, 0.3) is 11.1 Å². The van der Waals surface area contributed by atoms with E-state index in [1.807, 2.05) is 57.2 Å². The minimum atomic E-state index is -0.512. The van der Waals surface area contributed by atoms with Crippen molar-refractivity contribution in [2.75, 3.05) is 0 Å². The lowest BCUT2D eigenvalue weighted by Crippen LogP contribution is -2.24. The number of rotatable bonds is 2. The summed E-state index contributed by atoms with van der Waals surface area (Å²) in [6.45, 7) is 5.52. The van der Waals surface area contributed by atoms with E-state index in [1.165, 1.54) is 0 Å². The number of carbonyl (C=O) groups excluding carboxylic acids is 1. The molecule has 0 atom stereocenters. The van der Waals surface area contributed by atoms with Crippen LogP contribution in [0.1, 0.15) is 31.3 Å². The van der Waals surface area contributed by atoms with E-state index < -0.39 is 11.6 Å². The molecule has 0 bridgehead atoms. The quantitative estimate of drug-likeness (QED) is 0.768. The zero-order valence-electron chi connectivity index (χ0n) is 11.4. The van der Waals surface area contributed by atoms with Crippen molar-refractivity contribution >= 4 is 5.97 Å². The van der Waals surface area contributed by atoms with Crippen LogP contribution in [0.5, 0.6) is 0 Å². The fourth-order valence-electron chi connectivity index (χ4n) is 1.68. The number of benzene rings is 1. The largest absolute Gasteiger partial charge is 0.455 e. The molecule has 1 heterocycles. The molecule has 0 saturated heterocycles. The van der Waals surface area contributed by atoms with Crippen molar-refractivity contribution in [2.45, 2.75) is 26.4 Å². The van der Waals surface area contributed by atoms with E-state index in [0.717, 1.165) is 11.1 Å². The Morgan fingerprint density at radius 3 is 2.37 bits per heavy atom. The molecule has 0 spiro atoms. The Kier molecular flexibility index (Phi) is 3.65. The Labute approximate surface area is 113 Å². The molecule has 0 amide bonds. The first-order valence-corrected chi connectivity index (χ1v) is 6.20. The molecule has 2 aromatic rings. The molecule has 0 fully saturated rings. The maximum Gasteiger partial charge on any atom is 0.357 e. The summed E-state index contributed by atoms with van der Waals surface area (Å²) in [7, 11) is 0.